The van der Waals surface area contributed by atoms with Gasteiger partial charge in [-0.1, -0.05) is 6.07 Å². The molecule has 25 heavy (non-hydrogen) atoms. The van der Waals surface area contributed by atoms with Gasteiger partial charge >= 0.3 is 12.1 Å². The van der Waals surface area contributed by atoms with Gasteiger partial charge in [-0.25, -0.2) is 9.59 Å². The van der Waals surface area contributed by atoms with Crippen LogP contribution >= 0.6 is 0 Å². The third-order valence-corrected chi connectivity index (χ3v) is 4.34. The largest absolute Gasteiger partial charge is 0.479 e. The number of carboxylic acids is 1. The number of benzene rings is 1. The summed E-state index contributed by atoms with van der Waals surface area (Å²) in [4.78, 5) is 26.4. The molecule has 2 aliphatic rings. The molecule has 1 heterocycles. The number of amides is 1. The van der Waals surface area contributed by atoms with Crippen molar-refractivity contribution in [3.63, 3.8) is 0 Å². The summed E-state index contributed by atoms with van der Waals surface area (Å²) in [5.74, 6) is -0.0826. The maximum atomic E-state index is 12.8. The lowest BCUT2D eigenvalue weighted by Crippen LogP contribution is -2.55. The second-order valence-corrected chi connectivity index (χ2v) is 7.53. The number of ether oxygens (including phenoxy) is 3. The summed E-state index contributed by atoms with van der Waals surface area (Å²) in [7, 11) is 0. The minimum Gasteiger partial charge on any atom is -0.479 e. The predicted octanol–water partition coefficient (Wildman–Crippen LogP) is 3.11. The van der Waals surface area contributed by atoms with E-state index in [-0.39, 0.29) is 12.8 Å². The summed E-state index contributed by atoms with van der Waals surface area (Å²) >= 11 is 0. The molecular weight excluding hydrogens is 326 g/mol. The van der Waals surface area contributed by atoms with Gasteiger partial charge in [0.2, 0.25) is 6.79 Å². The molecule has 7 heteroatoms. The van der Waals surface area contributed by atoms with Crippen molar-refractivity contribution < 1.29 is 28.9 Å². The zero-order valence-electron chi connectivity index (χ0n) is 14.9. The lowest BCUT2D eigenvalue weighted by Gasteiger charge is -2.39. The molecule has 3 rings (SSSR count). The van der Waals surface area contributed by atoms with Gasteiger partial charge in [-0.3, -0.25) is 4.90 Å². The van der Waals surface area contributed by atoms with Gasteiger partial charge in [0.15, 0.2) is 17.0 Å². The third-order valence-electron chi connectivity index (χ3n) is 4.34. The zero-order valence-corrected chi connectivity index (χ0v) is 14.9. The summed E-state index contributed by atoms with van der Waals surface area (Å²) < 4.78 is 16.1. The molecule has 1 aromatic rings. The molecule has 1 atom stereocenters. The topological polar surface area (TPSA) is 85.3 Å². The monoisotopic (exact) mass is 349 g/mol. The average Bonchev–Trinajstić information content (AvgIpc) is 3.20. The first-order chi connectivity index (χ1) is 11.6. The first kappa shape index (κ1) is 17.4. The quantitative estimate of drug-likeness (QED) is 0.899. The van der Waals surface area contributed by atoms with Crippen LogP contribution in [0.5, 0.6) is 11.5 Å². The maximum absolute atomic E-state index is 12.8. The molecule has 1 aliphatic carbocycles. The summed E-state index contributed by atoms with van der Waals surface area (Å²) in [6.07, 6.45) is 0.886. The summed E-state index contributed by atoms with van der Waals surface area (Å²) in [5, 5.41) is 10.0. The van der Waals surface area contributed by atoms with Crippen molar-refractivity contribution in [1.29, 1.82) is 0 Å². The molecular formula is C18H23NO6. The molecule has 0 bridgehead atoms. The van der Waals surface area contributed by atoms with E-state index in [2.05, 4.69) is 0 Å². The molecule has 1 aliphatic heterocycles. The van der Waals surface area contributed by atoms with Crippen molar-refractivity contribution in [2.45, 2.75) is 57.7 Å². The molecule has 0 spiro atoms. The summed E-state index contributed by atoms with van der Waals surface area (Å²) in [6, 6.07) is 4.79. The van der Waals surface area contributed by atoms with Gasteiger partial charge < -0.3 is 19.3 Å². The Kier molecular flexibility index (Phi) is 4.05. The first-order valence-electron chi connectivity index (χ1n) is 8.29. The number of aliphatic carboxylic acids is 1. The number of carbonyl (C=O) groups is 2. The van der Waals surface area contributed by atoms with E-state index in [9.17, 15) is 14.7 Å². The first-order valence-corrected chi connectivity index (χ1v) is 8.29. The Morgan fingerprint density at radius 2 is 1.80 bits per heavy atom. The molecule has 1 saturated carbocycles. The Balaban J connectivity index is 2.02. The van der Waals surface area contributed by atoms with E-state index in [1.807, 2.05) is 0 Å². The number of fused-ring (bicyclic) bond motifs is 1. The Labute approximate surface area is 146 Å². The highest BCUT2D eigenvalue weighted by Gasteiger charge is 2.52. The van der Waals surface area contributed by atoms with Gasteiger partial charge in [0, 0.05) is 6.04 Å². The summed E-state index contributed by atoms with van der Waals surface area (Å²) in [5.41, 5.74) is -1.83. The van der Waals surface area contributed by atoms with E-state index in [1.165, 1.54) is 11.8 Å². The SMILES string of the molecule is CC(C)(C)OC(=O)N(C1CC1)C(C)(C(=O)O)c1ccc2c(c1)OCO2. The highest BCUT2D eigenvalue weighted by atomic mass is 16.7. The fourth-order valence-corrected chi connectivity index (χ4v) is 2.91. The van der Waals surface area contributed by atoms with Crippen LogP contribution in [0.25, 0.3) is 0 Å². The van der Waals surface area contributed by atoms with Crippen LogP contribution in [-0.4, -0.2) is 40.5 Å². The molecule has 1 fully saturated rings. The van der Waals surface area contributed by atoms with E-state index in [1.54, 1.807) is 39.0 Å². The van der Waals surface area contributed by atoms with E-state index >= 15 is 0 Å². The van der Waals surface area contributed by atoms with Crippen LogP contribution in [0.1, 0.15) is 46.1 Å². The average molecular weight is 349 g/mol. The Hall–Kier alpha value is -2.44. The minimum atomic E-state index is -1.56. The number of hydrogen-bond donors (Lipinski definition) is 1. The number of carboxylic acid groups (broad SMARTS) is 1. The van der Waals surface area contributed by atoms with E-state index in [0.29, 0.717) is 17.1 Å². The predicted molar refractivity (Wildman–Crippen MR) is 88.6 cm³/mol. The molecule has 7 nitrogen and oxygen atoms in total. The fraction of sp³-hybridized carbons (Fsp3) is 0.556. The molecule has 136 valence electrons. The molecule has 1 aromatic carbocycles. The zero-order chi connectivity index (χ0) is 18.4. The number of nitrogens with zero attached hydrogens (tertiary/aromatic N) is 1. The van der Waals surface area contributed by atoms with Crippen LogP contribution in [0, 0.1) is 0 Å². The number of rotatable bonds is 4. The van der Waals surface area contributed by atoms with Crippen LogP contribution < -0.4 is 9.47 Å². The maximum Gasteiger partial charge on any atom is 0.411 e. The number of hydrogen-bond acceptors (Lipinski definition) is 5. The molecule has 0 aromatic heterocycles. The van der Waals surface area contributed by atoms with Gasteiger partial charge in [0.25, 0.3) is 0 Å². The lowest BCUT2D eigenvalue weighted by molar-refractivity contribution is -0.151. The minimum absolute atomic E-state index is 0.0982. The molecule has 1 N–H and O–H groups in total. The Morgan fingerprint density at radius 3 is 2.36 bits per heavy atom. The number of carbonyl (C=O) groups excluding carboxylic acids is 1. The van der Waals surface area contributed by atoms with Gasteiger partial charge in [-0.2, -0.15) is 0 Å². The summed E-state index contributed by atoms with van der Waals surface area (Å²) in [6.45, 7) is 6.90. The van der Waals surface area contributed by atoms with Crippen LogP contribution in [0.4, 0.5) is 4.79 Å². The molecule has 0 radical (unpaired) electrons. The van der Waals surface area contributed by atoms with Crippen LogP contribution in [0.3, 0.4) is 0 Å². The molecule has 1 amide bonds. The van der Waals surface area contributed by atoms with Crippen molar-refractivity contribution >= 4 is 12.1 Å². The van der Waals surface area contributed by atoms with Crippen LogP contribution in [-0.2, 0) is 15.1 Å². The van der Waals surface area contributed by atoms with Crippen molar-refractivity contribution in [3.05, 3.63) is 23.8 Å². The van der Waals surface area contributed by atoms with Gasteiger partial charge in [-0.15, -0.1) is 0 Å². The smallest absolute Gasteiger partial charge is 0.411 e. The second kappa shape index (κ2) is 5.82. The second-order valence-electron chi connectivity index (χ2n) is 7.53. The van der Waals surface area contributed by atoms with Gasteiger partial charge in [0.1, 0.15) is 5.60 Å². The van der Waals surface area contributed by atoms with E-state index < -0.39 is 23.2 Å². The molecule has 1 unspecified atom stereocenters. The van der Waals surface area contributed by atoms with E-state index in [4.69, 9.17) is 14.2 Å². The van der Waals surface area contributed by atoms with Crippen LogP contribution in [0.2, 0.25) is 0 Å². The van der Waals surface area contributed by atoms with Crippen LogP contribution in [0.15, 0.2) is 18.2 Å². The lowest BCUT2D eigenvalue weighted by atomic mass is 9.89. The standard InChI is InChI=1S/C18H23NO6/c1-17(2,3)25-16(22)19(12-6-7-12)18(4,15(20)21)11-5-8-13-14(9-11)24-10-23-13/h5,8-9,12H,6-7,10H2,1-4H3,(H,20,21). The van der Waals surface area contributed by atoms with Gasteiger partial charge in [0.05, 0.1) is 0 Å². The fourth-order valence-electron chi connectivity index (χ4n) is 2.91. The van der Waals surface area contributed by atoms with Crippen molar-refractivity contribution in [1.82, 2.24) is 4.90 Å². The Morgan fingerprint density at radius 1 is 1.16 bits per heavy atom. The highest BCUT2D eigenvalue weighted by Crippen LogP contribution is 2.43. The van der Waals surface area contributed by atoms with Crippen molar-refractivity contribution in [2.75, 3.05) is 6.79 Å². The normalized spacial score (nSPS) is 18.4. The van der Waals surface area contributed by atoms with Gasteiger partial charge in [-0.05, 0) is 58.2 Å². The molecule has 0 saturated heterocycles. The van der Waals surface area contributed by atoms with E-state index in [0.717, 1.165) is 12.8 Å². The third kappa shape index (κ3) is 3.23. The van der Waals surface area contributed by atoms with Crippen molar-refractivity contribution in [2.24, 2.45) is 0 Å². The Bertz CT molecular complexity index is 706. The van der Waals surface area contributed by atoms with Crippen molar-refractivity contribution in [3.8, 4) is 11.5 Å². The highest BCUT2D eigenvalue weighted by molar-refractivity contribution is 5.86.